The number of rotatable bonds is 13. The van der Waals surface area contributed by atoms with E-state index in [9.17, 15) is 0 Å². The van der Waals surface area contributed by atoms with Crippen LogP contribution in [0.1, 0.15) is 78.6 Å². The minimum absolute atomic E-state index is 0.592. The molecule has 0 aliphatic rings. The Balaban J connectivity index is 3.57. The predicted molar refractivity (Wildman–Crippen MR) is 87.5 cm³/mol. The van der Waals surface area contributed by atoms with Gasteiger partial charge in [-0.1, -0.05) is 65.7 Å². The Morgan fingerprint density at radius 1 is 0.895 bits per heavy atom. The zero-order valence-corrected chi connectivity index (χ0v) is 14.0. The maximum Gasteiger partial charge on any atom is 0.0215 e. The second-order valence-electron chi connectivity index (χ2n) is 6.46. The molecule has 2 nitrogen and oxygen atoms in total. The van der Waals surface area contributed by atoms with E-state index >= 15 is 0 Å². The molecule has 0 fully saturated rings. The number of nitrogens with two attached hydrogens (primary N) is 1. The van der Waals surface area contributed by atoms with Crippen LogP contribution in [0.3, 0.4) is 0 Å². The van der Waals surface area contributed by atoms with Crippen molar-refractivity contribution in [2.24, 2.45) is 11.7 Å². The summed E-state index contributed by atoms with van der Waals surface area (Å²) in [4.78, 5) is 2.47. The lowest BCUT2D eigenvalue weighted by atomic mass is 10.0. The van der Waals surface area contributed by atoms with Gasteiger partial charge in [0.15, 0.2) is 0 Å². The molecule has 0 aromatic rings. The first kappa shape index (κ1) is 18.9. The van der Waals surface area contributed by atoms with Crippen molar-refractivity contribution < 1.29 is 0 Å². The van der Waals surface area contributed by atoms with Crippen LogP contribution in [0, 0.1) is 5.92 Å². The largest absolute Gasteiger partial charge is 0.329 e. The van der Waals surface area contributed by atoms with Gasteiger partial charge < -0.3 is 10.6 Å². The highest BCUT2D eigenvalue weighted by Crippen LogP contribution is 2.12. The average molecular weight is 271 g/mol. The lowest BCUT2D eigenvalue weighted by Gasteiger charge is -2.27. The number of nitrogens with zero attached hydrogens (tertiary/aromatic N) is 1. The van der Waals surface area contributed by atoms with Crippen molar-refractivity contribution in [3.63, 3.8) is 0 Å². The molecule has 0 radical (unpaired) electrons. The van der Waals surface area contributed by atoms with Crippen molar-refractivity contribution in [1.29, 1.82) is 0 Å². The third-order valence-electron chi connectivity index (χ3n) is 4.10. The van der Waals surface area contributed by atoms with Gasteiger partial charge in [0, 0.05) is 12.6 Å². The van der Waals surface area contributed by atoms with E-state index in [1.165, 1.54) is 64.3 Å². The first-order valence-corrected chi connectivity index (χ1v) is 8.52. The molecule has 0 aliphatic carbocycles. The van der Waals surface area contributed by atoms with Crippen molar-refractivity contribution in [2.75, 3.05) is 20.1 Å². The minimum Gasteiger partial charge on any atom is -0.329 e. The van der Waals surface area contributed by atoms with E-state index in [2.05, 4.69) is 32.7 Å². The van der Waals surface area contributed by atoms with Crippen LogP contribution in [0.25, 0.3) is 0 Å². The molecule has 19 heavy (non-hydrogen) atoms. The molecule has 2 heteroatoms. The zero-order chi connectivity index (χ0) is 14.5. The first-order chi connectivity index (χ1) is 9.11. The Kier molecular flexibility index (Phi) is 12.9. The molecule has 2 N–H and O–H groups in total. The van der Waals surface area contributed by atoms with Crippen molar-refractivity contribution in [3.8, 4) is 0 Å². The SMILES string of the molecule is CCCCCCCCCC(CN)N(C)CCC(C)C. The molecule has 0 rings (SSSR count). The van der Waals surface area contributed by atoms with Crippen molar-refractivity contribution in [1.82, 2.24) is 4.90 Å². The monoisotopic (exact) mass is 270 g/mol. The lowest BCUT2D eigenvalue weighted by Crippen LogP contribution is -2.38. The molecule has 0 bridgehead atoms. The van der Waals surface area contributed by atoms with Crippen LogP contribution in [0.2, 0.25) is 0 Å². The maximum atomic E-state index is 5.92. The standard InChI is InChI=1S/C17H38N2/c1-5-6-7-8-9-10-11-12-17(15-18)19(4)14-13-16(2)3/h16-17H,5-15,18H2,1-4H3. The second-order valence-corrected chi connectivity index (χ2v) is 6.46. The number of unbranched alkanes of at least 4 members (excludes halogenated alkanes) is 6. The Hall–Kier alpha value is -0.0800. The van der Waals surface area contributed by atoms with Crippen LogP contribution >= 0.6 is 0 Å². The number of likely N-dealkylation sites (N-methyl/N-ethyl adjacent to an activating group) is 1. The van der Waals surface area contributed by atoms with Gasteiger partial charge in [0.05, 0.1) is 0 Å². The van der Waals surface area contributed by atoms with Crippen LogP contribution < -0.4 is 5.73 Å². The van der Waals surface area contributed by atoms with Gasteiger partial charge in [0.1, 0.15) is 0 Å². The Morgan fingerprint density at radius 3 is 2.00 bits per heavy atom. The molecule has 1 atom stereocenters. The summed E-state index contributed by atoms with van der Waals surface area (Å²) in [6.07, 6.45) is 12.3. The summed E-state index contributed by atoms with van der Waals surface area (Å²) in [5, 5.41) is 0. The molecule has 116 valence electrons. The van der Waals surface area contributed by atoms with Crippen molar-refractivity contribution in [3.05, 3.63) is 0 Å². The zero-order valence-electron chi connectivity index (χ0n) is 14.0. The van der Waals surface area contributed by atoms with E-state index in [0.717, 1.165) is 12.5 Å². The van der Waals surface area contributed by atoms with E-state index in [1.54, 1.807) is 0 Å². The molecular weight excluding hydrogens is 232 g/mol. The quantitative estimate of drug-likeness (QED) is 0.502. The van der Waals surface area contributed by atoms with E-state index < -0.39 is 0 Å². The van der Waals surface area contributed by atoms with Crippen LogP contribution in [-0.2, 0) is 0 Å². The molecule has 0 spiro atoms. The highest BCUT2D eigenvalue weighted by Gasteiger charge is 2.12. The fraction of sp³-hybridized carbons (Fsp3) is 1.00. The maximum absolute atomic E-state index is 5.92. The van der Waals surface area contributed by atoms with Crippen LogP contribution in [0.5, 0.6) is 0 Å². The Morgan fingerprint density at radius 2 is 1.47 bits per heavy atom. The fourth-order valence-corrected chi connectivity index (χ4v) is 2.50. The molecule has 0 aliphatic heterocycles. The van der Waals surface area contributed by atoms with Crippen LogP contribution in [-0.4, -0.2) is 31.1 Å². The third kappa shape index (κ3) is 11.4. The highest BCUT2D eigenvalue weighted by molar-refractivity contribution is 4.70. The number of hydrogen-bond acceptors (Lipinski definition) is 2. The Bertz CT molecular complexity index is 180. The van der Waals surface area contributed by atoms with Gasteiger partial charge in [-0.15, -0.1) is 0 Å². The summed E-state index contributed by atoms with van der Waals surface area (Å²) >= 11 is 0. The predicted octanol–water partition coefficient (Wildman–Crippen LogP) is 4.43. The normalized spacial score (nSPS) is 13.4. The minimum atomic E-state index is 0.592. The van der Waals surface area contributed by atoms with Gasteiger partial charge in [-0.3, -0.25) is 0 Å². The summed E-state index contributed by atoms with van der Waals surface area (Å²) in [5.41, 5.74) is 5.92. The lowest BCUT2D eigenvalue weighted by molar-refractivity contribution is 0.219. The molecule has 1 unspecified atom stereocenters. The summed E-state index contributed by atoms with van der Waals surface area (Å²) < 4.78 is 0. The van der Waals surface area contributed by atoms with Crippen LogP contribution in [0.15, 0.2) is 0 Å². The molecule has 0 aromatic carbocycles. The highest BCUT2D eigenvalue weighted by atomic mass is 15.1. The molecule has 0 saturated carbocycles. The van der Waals surface area contributed by atoms with Crippen molar-refractivity contribution in [2.45, 2.75) is 84.6 Å². The third-order valence-corrected chi connectivity index (χ3v) is 4.10. The summed E-state index contributed by atoms with van der Waals surface area (Å²) in [6.45, 7) is 8.86. The summed E-state index contributed by atoms with van der Waals surface area (Å²) in [6, 6.07) is 0.592. The van der Waals surface area contributed by atoms with E-state index in [-0.39, 0.29) is 0 Å². The molecule has 0 saturated heterocycles. The van der Waals surface area contributed by atoms with Gasteiger partial charge in [-0.2, -0.15) is 0 Å². The van der Waals surface area contributed by atoms with Crippen LogP contribution in [0.4, 0.5) is 0 Å². The Labute approximate surface area is 122 Å². The summed E-state index contributed by atoms with van der Waals surface area (Å²) in [5.74, 6) is 0.791. The van der Waals surface area contributed by atoms with Gasteiger partial charge in [-0.25, -0.2) is 0 Å². The van der Waals surface area contributed by atoms with E-state index in [1.807, 2.05) is 0 Å². The molecule has 0 amide bonds. The van der Waals surface area contributed by atoms with Gasteiger partial charge in [-0.05, 0) is 32.4 Å². The molecular formula is C17H38N2. The van der Waals surface area contributed by atoms with E-state index in [4.69, 9.17) is 5.73 Å². The van der Waals surface area contributed by atoms with Gasteiger partial charge >= 0.3 is 0 Å². The molecule has 0 heterocycles. The topological polar surface area (TPSA) is 29.3 Å². The fourth-order valence-electron chi connectivity index (χ4n) is 2.50. The van der Waals surface area contributed by atoms with Gasteiger partial charge in [0.25, 0.3) is 0 Å². The first-order valence-electron chi connectivity index (χ1n) is 8.52. The van der Waals surface area contributed by atoms with Gasteiger partial charge in [0.2, 0.25) is 0 Å². The van der Waals surface area contributed by atoms with Crippen molar-refractivity contribution >= 4 is 0 Å². The molecule has 0 aromatic heterocycles. The number of hydrogen-bond donors (Lipinski definition) is 1. The van der Waals surface area contributed by atoms with E-state index in [0.29, 0.717) is 6.04 Å². The smallest absolute Gasteiger partial charge is 0.0215 e. The summed E-state index contributed by atoms with van der Waals surface area (Å²) in [7, 11) is 2.24. The second kappa shape index (κ2) is 12.9. The average Bonchev–Trinajstić information content (AvgIpc) is 2.39.